The highest BCUT2D eigenvalue weighted by molar-refractivity contribution is 9.10. The Morgan fingerprint density at radius 3 is 2.40 bits per heavy atom. The van der Waals surface area contributed by atoms with Crippen LogP contribution >= 0.6 is 15.9 Å². The third-order valence-corrected chi connectivity index (χ3v) is 4.76. The fraction of sp³-hybridized carbons (Fsp3) is 0.462. The molecule has 0 aliphatic rings. The lowest BCUT2D eigenvalue weighted by Gasteiger charge is -2.21. The molecule has 0 aliphatic heterocycles. The number of nitrogens with zero attached hydrogens (tertiary/aromatic N) is 1. The molecule has 0 radical (unpaired) electrons. The Morgan fingerprint density at radius 2 is 1.95 bits per heavy atom. The van der Waals surface area contributed by atoms with Gasteiger partial charge in [-0.1, -0.05) is 22.9 Å². The number of halogens is 1. The molecule has 0 saturated heterocycles. The van der Waals surface area contributed by atoms with Gasteiger partial charge in [-0.05, 0) is 38.0 Å². The number of carbonyl (C=O) groups excluding carboxylic acids is 1. The molecular weight excluding hydrogens is 344 g/mol. The molecule has 0 aromatic heterocycles. The van der Waals surface area contributed by atoms with Crippen molar-refractivity contribution in [1.82, 2.24) is 4.90 Å². The van der Waals surface area contributed by atoms with Gasteiger partial charge in [-0.3, -0.25) is 4.79 Å². The van der Waals surface area contributed by atoms with Crippen molar-refractivity contribution in [1.29, 1.82) is 0 Å². The summed E-state index contributed by atoms with van der Waals surface area (Å²) in [6.45, 7) is 6.85. The summed E-state index contributed by atoms with van der Waals surface area (Å²) in [5, 5.41) is 5.14. The van der Waals surface area contributed by atoms with E-state index in [9.17, 15) is 13.2 Å². The van der Waals surface area contributed by atoms with E-state index in [1.54, 1.807) is 11.8 Å². The van der Waals surface area contributed by atoms with Crippen molar-refractivity contribution in [2.24, 2.45) is 5.14 Å². The molecule has 2 N–H and O–H groups in total. The Bertz CT molecular complexity index is 614. The minimum Gasteiger partial charge on any atom is -0.339 e. The number of benzene rings is 1. The Hall–Kier alpha value is -0.920. The van der Waals surface area contributed by atoms with Crippen LogP contribution in [0.25, 0.3) is 0 Å². The highest BCUT2D eigenvalue weighted by Gasteiger charge is 2.20. The van der Waals surface area contributed by atoms with Gasteiger partial charge in [-0.2, -0.15) is 0 Å². The average Bonchev–Trinajstić information content (AvgIpc) is 2.37. The van der Waals surface area contributed by atoms with Gasteiger partial charge in [0.15, 0.2) is 0 Å². The van der Waals surface area contributed by atoms with E-state index in [1.165, 1.54) is 12.1 Å². The first-order valence-corrected chi connectivity index (χ1v) is 8.68. The maximum Gasteiger partial charge on any atom is 0.254 e. The topological polar surface area (TPSA) is 80.5 Å². The van der Waals surface area contributed by atoms with E-state index in [4.69, 9.17) is 5.14 Å². The predicted molar refractivity (Wildman–Crippen MR) is 82.1 cm³/mol. The SMILES string of the molecule is CCCN(CC)C(=O)c1cc(S(N)(=O)=O)cc(Br)c1C. The van der Waals surface area contributed by atoms with Gasteiger partial charge in [0.1, 0.15) is 0 Å². The number of amides is 1. The normalized spacial score (nSPS) is 11.4. The van der Waals surface area contributed by atoms with Crippen LogP contribution in [0.3, 0.4) is 0 Å². The van der Waals surface area contributed by atoms with Crippen LogP contribution in [-0.2, 0) is 10.0 Å². The number of sulfonamides is 1. The molecule has 0 heterocycles. The second-order valence-corrected chi connectivity index (χ2v) is 6.92. The molecule has 0 atom stereocenters. The van der Waals surface area contributed by atoms with Gasteiger partial charge in [0.05, 0.1) is 4.90 Å². The second-order valence-electron chi connectivity index (χ2n) is 4.51. The summed E-state index contributed by atoms with van der Waals surface area (Å²) in [5.41, 5.74) is 1.07. The first kappa shape index (κ1) is 17.1. The summed E-state index contributed by atoms with van der Waals surface area (Å²) < 4.78 is 23.5. The molecule has 0 fully saturated rings. The van der Waals surface area contributed by atoms with Gasteiger partial charge in [-0.15, -0.1) is 0 Å². The standard InChI is InChI=1S/C13H19BrN2O3S/c1-4-6-16(5-2)13(17)11-7-10(20(15,18)19)8-12(14)9(11)3/h7-8H,4-6H2,1-3H3,(H2,15,18,19). The van der Waals surface area contributed by atoms with E-state index in [0.717, 1.165) is 6.42 Å². The van der Waals surface area contributed by atoms with E-state index < -0.39 is 10.0 Å². The lowest BCUT2D eigenvalue weighted by Crippen LogP contribution is -2.32. The minimum atomic E-state index is -3.84. The zero-order valence-corrected chi connectivity index (χ0v) is 14.2. The summed E-state index contributed by atoms with van der Waals surface area (Å²) in [7, 11) is -3.84. The van der Waals surface area contributed by atoms with Crippen LogP contribution in [0.15, 0.2) is 21.5 Å². The third-order valence-electron chi connectivity index (χ3n) is 3.04. The lowest BCUT2D eigenvalue weighted by atomic mass is 10.1. The van der Waals surface area contributed by atoms with Crippen LogP contribution in [0.1, 0.15) is 36.2 Å². The molecule has 0 bridgehead atoms. The van der Waals surface area contributed by atoms with E-state index in [0.29, 0.717) is 28.7 Å². The number of hydrogen-bond acceptors (Lipinski definition) is 3. The van der Waals surface area contributed by atoms with Crippen molar-refractivity contribution in [3.8, 4) is 0 Å². The molecule has 20 heavy (non-hydrogen) atoms. The van der Waals surface area contributed by atoms with E-state index in [-0.39, 0.29) is 10.8 Å². The Kier molecular flexibility index (Phi) is 5.73. The molecule has 0 saturated carbocycles. The summed E-state index contributed by atoms with van der Waals surface area (Å²) in [4.78, 5) is 14.1. The monoisotopic (exact) mass is 362 g/mol. The molecule has 7 heteroatoms. The highest BCUT2D eigenvalue weighted by atomic mass is 79.9. The average molecular weight is 363 g/mol. The Morgan fingerprint density at radius 1 is 1.35 bits per heavy atom. The molecule has 112 valence electrons. The lowest BCUT2D eigenvalue weighted by molar-refractivity contribution is 0.0763. The van der Waals surface area contributed by atoms with Gasteiger partial charge in [0.2, 0.25) is 10.0 Å². The van der Waals surface area contributed by atoms with Gasteiger partial charge < -0.3 is 4.90 Å². The van der Waals surface area contributed by atoms with Gasteiger partial charge >= 0.3 is 0 Å². The highest BCUT2D eigenvalue weighted by Crippen LogP contribution is 2.25. The minimum absolute atomic E-state index is 0.0640. The number of hydrogen-bond donors (Lipinski definition) is 1. The maximum atomic E-state index is 12.5. The maximum absolute atomic E-state index is 12.5. The molecule has 1 rings (SSSR count). The van der Waals surface area contributed by atoms with E-state index >= 15 is 0 Å². The van der Waals surface area contributed by atoms with Crippen molar-refractivity contribution in [3.63, 3.8) is 0 Å². The van der Waals surface area contributed by atoms with Crippen LogP contribution in [-0.4, -0.2) is 32.3 Å². The zero-order valence-electron chi connectivity index (χ0n) is 11.8. The number of nitrogens with two attached hydrogens (primary N) is 1. The van der Waals surface area contributed by atoms with Crippen LogP contribution < -0.4 is 5.14 Å². The smallest absolute Gasteiger partial charge is 0.254 e. The van der Waals surface area contributed by atoms with E-state index in [1.807, 2.05) is 13.8 Å². The van der Waals surface area contributed by atoms with Crippen molar-refractivity contribution in [2.45, 2.75) is 32.1 Å². The third kappa shape index (κ3) is 3.80. The van der Waals surface area contributed by atoms with Crippen molar-refractivity contribution >= 4 is 31.9 Å². The molecule has 1 aromatic rings. The van der Waals surface area contributed by atoms with E-state index in [2.05, 4.69) is 15.9 Å². The predicted octanol–water partition coefficient (Wildman–Crippen LogP) is 2.28. The molecule has 5 nitrogen and oxygen atoms in total. The first-order chi connectivity index (χ1) is 9.22. The van der Waals surface area contributed by atoms with Gasteiger partial charge in [0, 0.05) is 23.1 Å². The summed E-state index contributed by atoms with van der Waals surface area (Å²) in [6.07, 6.45) is 0.842. The Balaban J connectivity index is 3.37. The molecular formula is C13H19BrN2O3S. The molecule has 1 aromatic carbocycles. The van der Waals surface area contributed by atoms with Crippen LogP contribution in [0.5, 0.6) is 0 Å². The van der Waals surface area contributed by atoms with Crippen LogP contribution in [0.2, 0.25) is 0 Å². The largest absolute Gasteiger partial charge is 0.339 e. The molecule has 0 unspecified atom stereocenters. The second kappa shape index (κ2) is 6.69. The fourth-order valence-corrected chi connectivity index (χ4v) is 3.06. The summed E-state index contributed by atoms with van der Waals surface area (Å²) in [5.74, 6) is -0.182. The van der Waals surface area contributed by atoms with Gasteiger partial charge in [-0.25, -0.2) is 13.6 Å². The van der Waals surface area contributed by atoms with Crippen molar-refractivity contribution in [2.75, 3.05) is 13.1 Å². The number of rotatable bonds is 5. The van der Waals surface area contributed by atoms with Crippen molar-refractivity contribution < 1.29 is 13.2 Å². The first-order valence-electron chi connectivity index (χ1n) is 6.34. The number of carbonyl (C=O) groups is 1. The molecule has 0 aliphatic carbocycles. The molecule has 1 amide bonds. The van der Waals surface area contributed by atoms with Crippen LogP contribution in [0.4, 0.5) is 0 Å². The summed E-state index contributed by atoms with van der Waals surface area (Å²) >= 11 is 3.28. The Labute approximate surface area is 128 Å². The quantitative estimate of drug-likeness (QED) is 0.872. The molecule has 0 spiro atoms. The van der Waals surface area contributed by atoms with Crippen LogP contribution in [0, 0.1) is 6.92 Å². The van der Waals surface area contributed by atoms with Gasteiger partial charge in [0.25, 0.3) is 5.91 Å². The summed E-state index contributed by atoms with van der Waals surface area (Å²) in [6, 6.07) is 2.76. The van der Waals surface area contributed by atoms with Crippen molar-refractivity contribution in [3.05, 3.63) is 27.7 Å². The number of primary sulfonamides is 1. The fourth-order valence-electron chi connectivity index (χ4n) is 1.88. The zero-order chi connectivity index (χ0) is 15.5.